The molecule has 0 radical (unpaired) electrons. The predicted octanol–water partition coefficient (Wildman–Crippen LogP) is 3.27. The molecule has 1 aliphatic carbocycles. The van der Waals surface area contributed by atoms with Crippen molar-refractivity contribution in [2.75, 3.05) is 0 Å². The fourth-order valence-corrected chi connectivity index (χ4v) is 2.70. The summed E-state index contributed by atoms with van der Waals surface area (Å²) in [5, 5.41) is 11.9. The summed E-state index contributed by atoms with van der Waals surface area (Å²) >= 11 is 0. The Kier molecular flexibility index (Phi) is 4.95. The third kappa shape index (κ3) is 4.24. The molecule has 1 N–H and O–H groups in total. The molecular formula is C17H20N2O. The van der Waals surface area contributed by atoms with Crippen molar-refractivity contribution in [1.29, 1.82) is 5.26 Å². The largest absolute Gasteiger partial charge is 0.350 e. The Hall–Kier alpha value is -2.08. The van der Waals surface area contributed by atoms with Crippen LogP contribution < -0.4 is 5.32 Å². The third-order valence-electron chi connectivity index (χ3n) is 3.73. The highest BCUT2D eigenvalue weighted by Gasteiger charge is 2.19. The van der Waals surface area contributed by atoms with E-state index in [0.29, 0.717) is 17.5 Å². The molecule has 1 aromatic carbocycles. The zero-order valence-electron chi connectivity index (χ0n) is 11.8. The zero-order chi connectivity index (χ0) is 14.4. The normalized spacial score (nSPS) is 22.4. The molecule has 0 aromatic heterocycles. The Morgan fingerprint density at radius 3 is 3.05 bits per heavy atom. The lowest BCUT2D eigenvalue weighted by molar-refractivity contribution is -0.117. The van der Waals surface area contributed by atoms with E-state index in [4.69, 9.17) is 5.26 Å². The molecule has 20 heavy (non-hydrogen) atoms. The molecule has 0 bridgehead atoms. The van der Waals surface area contributed by atoms with Gasteiger partial charge in [-0.15, -0.1) is 0 Å². The van der Waals surface area contributed by atoms with E-state index < -0.39 is 0 Å². The Morgan fingerprint density at radius 2 is 2.30 bits per heavy atom. The van der Waals surface area contributed by atoms with Crippen molar-refractivity contribution in [1.82, 2.24) is 5.32 Å². The average molecular weight is 268 g/mol. The first kappa shape index (κ1) is 14.3. The van der Waals surface area contributed by atoms with Crippen LogP contribution in [-0.2, 0) is 4.79 Å². The van der Waals surface area contributed by atoms with Gasteiger partial charge in [0.1, 0.15) is 0 Å². The van der Waals surface area contributed by atoms with Crippen molar-refractivity contribution in [3.8, 4) is 6.07 Å². The van der Waals surface area contributed by atoms with Crippen LogP contribution in [0, 0.1) is 17.2 Å². The standard InChI is InChI=1S/C17H20N2O/c1-13-4-2-7-16(10-13)19-17(20)9-8-14-5-3-6-15(11-14)12-18/h3,5-6,8-9,11,13,16H,2,4,7,10H2,1H3,(H,19,20). The molecule has 1 aliphatic rings. The van der Waals surface area contributed by atoms with Crippen molar-refractivity contribution in [3.63, 3.8) is 0 Å². The highest BCUT2D eigenvalue weighted by atomic mass is 16.1. The highest BCUT2D eigenvalue weighted by Crippen LogP contribution is 2.23. The molecule has 1 aromatic rings. The van der Waals surface area contributed by atoms with Crippen LogP contribution in [0.2, 0.25) is 0 Å². The molecular weight excluding hydrogens is 248 g/mol. The molecule has 2 rings (SSSR count). The van der Waals surface area contributed by atoms with Crippen LogP contribution in [0.4, 0.5) is 0 Å². The van der Waals surface area contributed by atoms with Crippen molar-refractivity contribution in [2.45, 2.75) is 38.6 Å². The van der Waals surface area contributed by atoms with Crippen LogP contribution in [0.15, 0.2) is 30.3 Å². The highest BCUT2D eigenvalue weighted by molar-refractivity contribution is 5.91. The van der Waals surface area contributed by atoms with E-state index in [1.165, 1.54) is 12.8 Å². The van der Waals surface area contributed by atoms with Crippen LogP contribution in [0.5, 0.6) is 0 Å². The predicted molar refractivity (Wildman–Crippen MR) is 79.8 cm³/mol. The summed E-state index contributed by atoms with van der Waals surface area (Å²) in [6.45, 7) is 2.24. The molecule has 2 unspecified atom stereocenters. The molecule has 0 heterocycles. The van der Waals surface area contributed by atoms with Crippen LogP contribution in [0.3, 0.4) is 0 Å². The lowest BCUT2D eigenvalue weighted by Crippen LogP contribution is -2.36. The number of benzene rings is 1. The summed E-state index contributed by atoms with van der Waals surface area (Å²) in [5.41, 5.74) is 1.48. The number of nitrogens with zero attached hydrogens (tertiary/aromatic N) is 1. The SMILES string of the molecule is CC1CCCC(NC(=O)C=Cc2cccc(C#N)c2)C1. The van der Waals surface area contributed by atoms with Crippen molar-refractivity contribution in [2.24, 2.45) is 5.92 Å². The quantitative estimate of drug-likeness (QED) is 0.855. The number of carbonyl (C=O) groups excluding carboxylic acids is 1. The van der Waals surface area contributed by atoms with Gasteiger partial charge in [0.05, 0.1) is 11.6 Å². The first-order valence-corrected chi connectivity index (χ1v) is 7.16. The molecule has 3 heteroatoms. The van der Waals surface area contributed by atoms with Gasteiger partial charge in [0.2, 0.25) is 5.91 Å². The van der Waals surface area contributed by atoms with Gasteiger partial charge in [0.15, 0.2) is 0 Å². The maximum Gasteiger partial charge on any atom is 0.244 e. The maximum atomic E-state index is 11.9. The lowest BCUT2D eigenvalue weighted by Gasteiger charge is -2.26. The van der Waals surface area contributed by atoms with Gasteiger partial charge in [-0.05, 0) is 42.5 Å². The first-order valence-electron chi connectivity index (χ1n) is 7.16. The summed E-state index contributed by atoms with van der Waals surface area (Å²) in [7, 11) is 0. The van der Waals surface area contributed by atoms with E-state index in [9.17, 15) is 4.79 Å². The molecule has 104 valence electrons. The number of rotatable bonds is 3. The fourth-order valence-electron chi connectivity index (χ4n) is 2.70. The van der Waals surface area contributed by atoms with Gasteiger partial charge in [0, 0.05) is 12.1 Å². The van der Waals surface area contributed by atoms with Crippen molar-refractivity contribution >= 4 is 12.0 Å². The minimum absolute atomic E-state index is 0.0496. The number of carbonyl (C=O) groups is 1. The minimum atomic E-state index is -0.0496. The molecule has 3 nitrogen and oxygen atoms in total. The Balaban J connectivity index is 1.90. The number of nitrogens with one attached hydrogen (secondary N) is 1. The summed E-state index contributed by atoms with van der Waals surface area (Å²) in [5.74, 6) is 0.650. The summed E-state index contributed by atoms with van der Waals surface area (Å²) in [6, 6.07) is 9.62. The third-order valence-corrected chi connectivity index (χ3v) is 3.73. The van der Waals surface area contributed by atoms with E-state index in [2.05, 4.69) is 18.3 Å². The second-order valence-electron chi connectivity index (χ2n) is 5.55. The second kappa shape index (κ2) is 6.91. The number of nitriles is 1. The Bertz CT molecular complexity index is 542. The second-order valence-corrected chi connectivity index (χ2v) is 5.55. The first-order chi connectivity index (χ1) is 9.67. The summed E-state index contributed by atoms with van der Waals surface area (Å²) in [6.07, 6.45) is 7.92. The smallest absolute Gasteiger partial charge is 0.244 e. The molecule has 0 aliphatic heterocycles. The molecule has 2 atom stereocenters. The van der Waals surface area contributed by atoms with Crippen LogP contribution in [0.1, 0.15) is 43.7 Å². The number of hydrogen-bond donors (Lipinski definition) is 1. The van der Waals surface area contributed by atoms with Crippen LogP contribution >= 0.6 is 0 Å². The number of amides is 1. The topological polar surface area (TPSA) is 52.9 Å². The molecule has 1 fully saturated rings. The zero-order valence-corrected chi connectivity index (χ0v) is 11.8. The van der Waals surface area contributed by atoms with Gasteiger partial charge >= 0.3 is 0 Å². The van der Waals surface area contributed by atoms with Crippen molar-refractivity contribution in [3.05, 3.63) is 41.5 Å². The maximum absolute atomic E-state index is 11.9. The van der Waals surface area contributed by atoms with Gasteiger partial charge in [-0.25, -0.2) is 0 Å². The minimum Gasteiger partial charge on any atom is -0.350 e. The number of hydrogen-bond acceptors (Lipinski definition) is 2. The Morgan fingerprint density at radius 1 is 1.45 bits per heavy atom. The summed E-state index contributed by atoms with van der Waals surface area (Å²) in [4.78, 5) is 11.9. The monoisotopic (exact) mass is 268 g/mol. The van der Waals surface area contributed by atoms with Crippen LogP contribution in [0.25, 0.3) is 6.08 Å². The lowest BCUT2D eigenvalue weighted by atomic mass is 9.87. The van der Waals surface area contributed by atoms with E-state index >= 15 is 0 Å². The summed E-state index contributed by atoms with van der Waals surface area (Å²) < 4.78 is 0. The molecule has 0 spiro atoms. The van der Waals surface area contributed by atoms with E-state index in [1.54, 1.807) is 24.3 Å². The molecule has 1 amide bonds. The molecule has 0 saturated heterocycles. The van der Waals surface area contributed by atoms with E-state index in [-0.39, 0.29) is 5.91 Å². The van der Waals surface area contributed by atoms with Gasteiger partial charge in [0.25, 0.3) is 0 Å². The fraction of sp³-hybridized carbons (Fsp3) is 0.412. The van der Waals surface area contributed by atoms with Gasteiger partial charge < -0.3 is 5.32 Å². The van der Waals surface area contributed by atoms with Crippen molar-refractivity contribution < 1.29 is 4.79 Å². The van der Waals surface area contributed by atoms with Gasteiger partial charge in [-0.2, -0.15) is 5.26 Å². The van der Waals surface area contributed by atoms with Crippen LogP contribution in [-0.4, -0.2) is 11.9 Å². The molecule has 1 saturated carbocycles. The average Bonchev–Trinajstić information content (AvgIpc) is 2.45. The Labute approximate surface area is 120 Å². The van der Waals surface area contributed by atoms with Gasteiger partial charge in [-0.1, -0.05) is 31.9 Å². The van der Waals surface area contributed by atoms with Gasteiger partial charge in [-0.3, -0.25) is 4.79 Å². The van der Waals surface area contributed by atoms with E-state index in [1.807, 2.05) is 12.1 Å². The van der Waals surface area contributed by atoms with E-state index in [0.717, 1.165) is 18.4 Å².